The quantitative estimate of drug-likeness (QED) is 0.911. The monoisotopic (exact) mass is 316 g/mol. The third-order valence-corrected chi connectivity index (χ3v) is 4.79. The largest absolute Gasteiger partial charge is 0.417 e. The minimum Gasteiger partial charge on any atom is -0.410 e. The van der Waals surface area contributed by atoms with Crippen LogP contribution < -0.4 is 15.8 Å². The van der Waals surface area contributed by atoms with Gasteiger partial charge in [-0.25, -0.2) is 4.79 Å². The van der Waals surface area contributed by atoms with Crippen LogP contribution in [0.4, 0.5) is 9.80 Å². The number of anilines is 1. The lowest BCUT2D eigenvalue weighted by Gasteiger charge is -2.11. The maximum atomic E-state index is 12.0. The van der Waals surface area contributed by atoms with Crippen LogP contribution in [0.2, 0.25) is 0 Å². The Morgan fingerprint density at radius 1 is 1.14 bits per heavy atom. The minimum atomic E-state index is -0.618. The van der Waals surface area contributed by atoms with E-state index in [0.29, 0.717) is 16.3 Å². The number of thiophene rings is 1. The number of benzene rings is 1. The Kier molecular flexibility index (Phi) is 4.11. The number of aryl methyl sites for hydroxylation is 1. The molecular formula is C16H16N2O3S. The van der Waals surface area contributed by atoms with Crippen molar-refractivity contribution in [3.05, 3.63) is 46.3 Å². The highest BCUT2D eigenvalue weighted by molar-refractivity contribution is 7.17. The van der Waals surface area contributed by atoms with Crippen LogP contribution in [0.3, 0.4) is 0 Å². The summed E-state index contributed by atoms with van der Waals surface area (Å²) >= 11 is 1.42. The fourth-order valence-corrected chi connectivity index (χ4v) is 3.91. The van der Waals surface area contributed by atoms with E-state index in [1.54, 1.807) is 24.3 Å². The number of hydrogen-bond acceptors (Lipinski definition) is 4. The molecule has 2 amide bonds. The molecule has 22 heavy (non-hydrogen) atoms. The number of amides is 2. The topological polar surface area (TPSA) is 81.4 Å². The van der Waals surface area contributed by atoms with Gasteiger partial charge in [-0.15, -0.1) is 11.3 Å². The summed E-state index contributed by atoms with van der Waals surface area (Å²) in [4.78, 5) is 24.9. The summed E-state index contributed by atoms with van der Waals surface area (Å²) in [5.74, 6) is -0.0589. The van der Waals surface area contributed by atoms with Crippen LogP contribution in [0.15, 0.2) is 30.3 Å². The van der Waals surface area contributed by atoms with Gasteiger partial charge in [0.2, 0.25) is 0 Å². The van der Waals surface area contributed by atoms with E-state index in [1.807, 2.05) is 6.07 Å². The molecule has 1 aromatic heterocycles. The Bertz CT molecular complexity index is 710. The molecule has 1 aliphatic rings. The predicted molar refractivity (Wildman–Crippen MR) is 85.6 cm³/mol. The van der Waals surface area contributed by atoms with Crippen LogP contribution in [0, 0.1) is 0 Å². The number of primary amides is 1. The first-order valence-corrected chi connectivity index (χ1v) is 7.95. The van der Waals surface area contributed by atoms with Crippen molar-refractivity contribution in [1.82, 2.24) is 0 Å². The van der Waals surface area contributed by atoms with Gasteiger partial charge < -0.3 is 10.5 Å². The summed E-state index contributed by atoms with van der Waals surface area (Å²) in [6.07, 6.45) is 3.28. The zero-order valence-electron chi connectivity index (χ0n) is 11.9. The minimum absolute atomic E-state index is 0.435. The average Bonchev–Trinajstić information content (AvgIpc) is 2.85. The van der Waals surface area contributed by atoms with Gasteiger partial charge in [0.05, 0.1) is 5.56 Å². The summed E-state index contributed by atoms with van der Waals surface area (Å²) < 4.78 is 5.19. The number of para-hydroxylation sites is 1. The van der Waals surface area contributed by atoms with Gasteiger partial charge in [-0.05, 0) is 43.4 Å². The normalized spacial score (nSPS) is 13.3. The van der Waals surface area contributed by atoms with E-state index in [2.05, 4.69) is 5.32 Å². The lowest BCUT2D eigenvalue weighted by molar-refractivity contribution is 0.100. The fourth-order valence-electron chi connectivity index (χ4n) is 2.63. The molecule has 1 aliphatic carbocycles. The lowest BCUT2D eigenvalue weighted by Crippen LogP contribution is -2.20. The Labute approximate surface area is 132 Å². The van der Waals surface area contributed by atoms with Gasteiger partial charge in [-0.3, -0.25) is 10.1 Å². The molecule has 114 valence electrons. The van der Waals surface area contributed by atoms with E-state index in [4.69, 9.17) is 10.5 Å². The van der Waals surface area contributed by atoms with Crippen LogP contribution in [0.5, 0.6) is 5.75 Å². The number of ether oxygens (including phenoxy) is 1. The molecule has 5 nitrogen and oxygen atoms in total. The molecule has 0 bridgehead atoms. The Hall–Kier alpha value is -2.34. The van der Waals surface area contributed by atoms with E-state index in [0.717, 1.165) is 36.1 Å². The molecule has 0 fully saturated rings. The second-order valence-corrected chi connectivity index (χ2v) is 6.21. The second kappa shape index (κ2) is 6.19. The van der Waals surface area contributed by atoms with Crippen molar-refractivity contribution in [2.45, 2.75) is 25.7 Å². The molecule has 0 saturated carbocycles. The van der Waals surface area contributed by atoms with Gasteiger partial charge in [0.15, 0.2) is 0 Å². The standard InChI is InChI=1S/C16H16N2O3S/c17-14(19)13-11-8-4-5-9-12(11)22-15(13)18-16(20)21-10-6-2-1-3-7-10/h1-3,6-7H,4-5,8-9H2,(H2,17,19)(H,18,20). The van der Waals surface area contributed by atoms with Crippen molar-refractivity contribution in [1.29, 1.82) is 0 Å². The number of rotatable bonds is 3. The van der Waals surface area contributed by atoms with E-state index in [-0.39, 0.29) is 0 Å². The molecule has 0 radical (unpaired) electrons. The van der Waals surface area contributed by atoms with Crippen molar-refractivity contribution in [3.8, 4) is 5.75 Å². The van der Waals surface area contributed by atoms with E-state index in [1.165, 1.54) is 11.3 Å². The van der Waals surface area contributed by atoms with Gasteiger partial charge in [-0.2, -0.15) is 0 Å². The van der Waals surface area contributed by atoms with Crippen LogP contribution in [-0.4, -0.2) is 12.0 Å². The summed E-state index contributed by atoms with van der Waals surface area (Å²) in [5.41, 5.74) is 6.91. The summed E-state index contributed by atoms with van der Waals surface area (Å²) in [6.45, 7) is 0. The number of nitrogens with two attached hydrogens (primary N) is 1. The number of hydrogen-bond donors (Lipinski definition) is 2. The molecule has 0 aliphatic heterocycles. The first-order chi connectivity index (χ1) is 10.6. The molecule has 1 heterocycles. The maximum Gasteiger partial charge on any atom is 0.417 e. The highest BCUT2D eigenvalue weighted by atomic mass is 32.1. The molecule has 2 aromatic rings. The van der Waals surface area contributed by atoms with Crippen LogP contribution in [0.25, 0.3) is 0 Å². The van der Waals surface area contributed by atoms with E-state index < -0.39 is 12.0 Å². The van der Waals surface area contributed by atoms with Crippen molar-refractivity contribution < 1.29 is 14.3 Å². The molecule has 3 rings (SSSR count). The molecule has 0 unspecified atom stereocenters. The van der Waals surface area contributed by atoms with Crippen molar-refractivity contribution in [2.24, 2.45) is 5.73 Å². The Morgan fingerprint density at radius 3 is 2.59 bits per heavy atom. The van der Waals surface area contributed by atoms with Crippen LogP contribution in [0.1, 0.15) is 33.6 Å². The molecule has 0 saturated heterocycles. The highest BCUT2D eigenvalue weighted by Gasteiger charge is 2.25. The lowest BCUT2D eigenvalue weighted by atomic mass is 9.95. The van der Waals surface area contributed by atoms with Crippen LogP contribution >= 0.6 is 11.3 Å². The van der Waals surface area contributed by atoms with Gasteiger partial charge in [0.25, 0.3) is 5.91 Å². The maximum absolute atomic E-state index is 12.0. The zero-order valence-corrected chi connectivity index (χ0v) is 12.7. The molecule has 0 spiro atoms. The summed E-state index contributed by atoms with van der Waals surface area (Å²) in [5, 5.41) is 3.14. The van der Waals surface area contributed by atoms with Gasteiger partial charge in [0.1, 0.15) is 10.8 Å². The smallest absolute Gasteiger partial charge is 0.410 e. The third kappa shape index (κ3) is 2.96. The Morgan fingerprint density at radius 2 is 1.86 bits per heavy atom. The van der Waals surface area contributed by atoms with Crippen LogP contribution in [-0.2, 0) is 12.8 Å². The number of carbonyl (C=O) groups excluding carboxylic acids is 2. The van der Waals surface area contributed by atoms with Crippen molar-refractivity contribution >= 4 is 28.3 Å². The third-order valence-electron chi connectivity index (χ3n) is 3.59. The van der Waals surface area contributed by atoms with E-state index >= 15 is 0 Å². The predicted octanol–water partition coefficient (Wildman–Crippen LogP) is 3.34. The SMILES string of the molecule is NC(=O)c1c(NC(=O)Oc2ccccc2)sc2c1CCCC2. The van der Waals surface area contributed by atoms with Gasteiger partial charge in [0, 0.05) is 4.88 Å². The number of fused-ring (bicyclic) bond motifs is 1. The van der Waals surface area contributed by atoms with E-state index in [9.17, 15) is 9.59 Å². The Balaban J connectivity index is 1.81. The number of carbonyl (C=O) groups is 2. The second-order valence-electron chi connectivity index (χ2n) is 5.11. The average molecular weight is 316 g/mol. The summed E-state index contributed by atoms with van der Waals surface area (Å²) in [6, 6.07) is 8.77. The first-order valence-electron chi connectivity index (χ1n) is 7.13. The first kappa shape index (κ1) is 14.6. The molecule has 3 N–H and O–H groups in total. The van der Waals surface area contributed by atoms with Gasteiger partial charge >= 0.3 is 6.09 Å². The summed E-state index contributed by atoms with van der Waals surface area (Å²) in [7, 11) is 0. The molecule has 1 aromatic carbocycles. The highest BCUT2D eigenvalue weighted by Crippen LogP contribution is 2.37. The molecule has 0 atom stereocenters. The number of nitrogens with one attached hydrogen (secondary N) is 1. The zero-order chi connectivity index (χ0) is 15.5. The molecular weight excluding hydrogens is 300 g/mol. The van der Waals surface area contributed by atoms with Gasteiger partial charge in [-0.1, -0.05) is 18.2 Å². The van der Waals surface area contributed by atoms with Crippen molar-refractivity contribution in [3.63, 3.8) is 0 Å². The molecule has 6 heteroatoms. The fraction of sp³-hybridized carbons (Fsp3) is 0.250. The van der Waals surface area contributed by atoms with Crippen molar-refractivity contribution in [2.75, 3.05) is 5.32 Å².